The lowest BCUT2D eigenvalue weighted by atomic mass is 10.0. The third-order valence-corrected chi connectivity index (χ3v) is 2.22. The van der Waals surface area contributed by atoms with Gasteiger partial charge in [0, 0.05) is 12.5 Å². The van der Waals surface area contributed by atoms with E-state index in [4.69, 9.17) is 5.73 Å². The lowest BCUT2D eigenvalue weighted by molar-refractivity contribution is 0.487. The third-order valence-electron chi connectivity index (χ3n) is 1.71. The molecule has 0 aliphatic heterocycles. The van der Waals surface area contributed by atoms with E-state index in [1.165, 1.54) is 11.7 Å². The van der Waals surface area contributed by atoms with E-state index in [0.717, 1.165) is 12.1 Å². The number of aromatic nitrogens is 2. The summed E-state index contributed by atoms with van der Waals surface area (Å²) in [6, 6.07) is 0.207. The van der Waals surface area contributed by atoms with Crippen molar-refractivity contribution < 1.29 is 0 Å². The van der Waals surface area contributed by atoms with Gasteiger partial charge in [0.15, 0.2) is 0 Å². The summed E-state index contributed by atoms with van der Waals surface area (Å²) in [6.07, 6.45) is 2.63. The third kappa shape index (κ3) is 2.55. The summed E-state index contributed by atoms with van der Waals surface area (Å²) in [5, 5.41) is 0. The molecule has 0 saturated carbocycles. The van der Waals surface area contributed by atoms with Gasteiger partial charge in [0.1, 0.15) is 0 Å². The molecule has 0 bridgehead atoms. The van der Waals surface area contributed by atoms with Crippen LogP contribution in [-0.2, 0) is 6.42 Å². The Labute approximate surface area is 71.0 Å². The molecular weight excluding hydrogens is 158 g/mol. The van der Waals surface area contributed by atoms with Crippen LogP contribution in [0.2, 0.25) is 0 Å². The molecular formula is C7H13N3S. The Morgan fingerprint density at radius 3 is 2.82 bits per heavy atom. The van der Waals surface area contributed by atoms with Gasteiger partial charge in [-0.2, -0.15) is 8.75 Å². The Hall–Kier alpha value is -0.480. The van der Waals surface area contributed by atoms with Crippen molar-refractivity contribution in [3.8, 4) is 0 Å². The first kappa shape index (κ1) is 8.62. The summed E-state index contributed by atoms with van der Waals surface area (Å²) in [7, 11) is 0. The second kappa shape index (κ2) is 3.78. The molecule has 0 fully saturated rings. The molecule has 1 aromatic rings. The quantitative estimate of drug-likeness (QED) is 0.740. The fraction of sp³-hybridized carbons (Fsp3) is 0.714. The van der Waals surface area contributed by atoms with Crippen LogP contribution in [0.5, 0.6) is 0 Å². The first-order chi connectivity index (χ1) is 5.20. The van der Waals surface area contributed by atoms with Crippen LogP contribution in [-0.4, -0.2) is 14.8 Å². The standard InChI is InChI=1S/C7H13N3S/c1-5(2)7(8)3-6-4-9-11-10-6/h4-5,7H,3,8H2,1-2H3. The van der Waals surface area contributed by atoms with Crippen LogP contribution in [0, 0.1) is 5.92 Å². The Kier molecular flexibility index (Phi) is 2.96. The predicted octanol–water partition coefficient (Wildman–Crippen LogP) is 1.06. The maximum atomic E-state index is 5.84. The summed E-state index contributed by atoms with van der Waals surface area (Å²) in [4.78, 5) is 0. The number of hydrogen-bond donors (Lipinski definition) is 1. The van der Waals surface area contributed by atoms with Crippen molar-refractivity contribution in [2.24, 2.45) is 11.7 Å². The molecule has 0 aromatic carbocycles. The molecule has 0 aliphatic carbocycles. The van der Waals surface area contributed by atoms with Gasteiger partial charge in [0.2, 0.25) is 0 Å². The van der Waals surface area contributed by atoms with E-state index in [9.17, 15) is 0 Å². The highest BCUT2D eigenvalue weighted by atomic mass is 32.1. The van der Waals surface area contributed by atoms with Gasteiger partial charge in [-0.15, -0.1) is 0 Å². The van der Waals surface area contributed by atoms with Crippen LogP contribution >= 0.6 is 11.7 Å². The second-order valence-corrected chi connectivity index (χ2v) is 3.57. The maximum absolute atomic E-state index is 5.84. The molecule has 1 aromatic heterocycles. The first-order valence-corrected chi connectivity index (χ1v) is 4.45. The molecule has 0 radical (unpaired) electrons. The number of nitrogens with two attached hydrogens (primary N) is 1. The molecule has 1 rings (SSSR count). The van der Waals surface area contributed by atoms with Gasteiger partial charge in [-0.25, -0.2) is 0 Å². The van der Waals surface area contributed by atoms with E-state index in [1.807, 2.05) is 0 Å². The van der Waals surface area contributed by atoms with Gasteiger partial charge in [-0.05, 0) is 5.92 Å². The highest BCUT2D eigenvalue weighted by Gasteiger charge is 2.09. The summed E-state index contributed by atoms with van der Waals surface area (Å²) in [5.74, 6) is 0.511. The molecule has 0 saturated heterocycles. The molecule has 0 amide bonds. The minimum atomic E-state index is 0.207. The van der Waals surface area contributed by atoms with Crippen molar-refractivity contribution in [2.75, 3.05) is 0 Å². The number of rotatable bonds is 3. The summed E-state index contributed by atoms with van der Waals surface area (Å²) >= 11 is 1.24. The van der Waals surface area contributed by atoms with Crippen LogP contribution in [0.4, 0.5) is 0 Å². The Bertz CT molecular complexity index is 195. The Morgan fingerprint density at radius 2 is 2.36 bits per heavy atom. The van der Waals surface area contributed by atoms with Crippen LogP contribution < -0.4 is 5.73 Å². The smallest absolute Gasteiger partial charge is 0.0758 e. The summed E-state index contributed by atoms with van der Waals surface area (Å²) in [5.41, 5.74) is 6.85. The van der Waals surface area contributed by atoms with Crippen molar-refractivity contribution in [2.45, 2.75) is 26.3 Å². The summed E-state index contributed by atoms with van der Waals surface area (Å²) < 4.78 is 8.00. The van der Waals surface area contributed by atoms with E-state index in [2.05, 4.69) is 22.6 Å². The topological polar surface area (TPSA) is 51.8 Å². The van der Waals surface area contributed by atoms with E-state index >= 15 is 0 Å². The van der Waals surface area contributed by atoms with E-state index < -0.39 is 0 Å². The minimum Gasteiger partial charge on any atom is -0.327 e. The molecule has 3 nitrogen and oxygen atoms in total. The number of hydrogen-bond acceptors (Lipinski definition) is 4. The highest BCUT2D eigenvalue weighted by Crippen LogP contribution is 2.05. The zero-order valence-corrected chi connectivity index (χ0v) is 7.64. The zero-order valence-electron chi connectivity index (χ0n) is 6.82. The fourth-order valence-corrected chi connectivity index (χ4v) is 1.19. The van der Waals surface area contributed by atoms with E-state index in [1.54, 1.807) is 6.20 Å². The monoisotopic (exact) mass is 171 g/mol. The van der Waals surface area contributed by atoms with Gasteiger partial charge < -0.3 is 5.73 Å². The lowest BCUT2D eigenvalue weighted by Gasteiger charge is -2.12. The van der Waals surface area contributed by atoms with Crippen LogP contribution in [0.25, 0.3) is 0 Å². The molecule has 0 aliphatic rings. The molecule has 11 heavy (non-hydrogen) atoms. The molecule has 62 valence electrons. The largest absolute Gasteiger partial charge is 0.327 e. The van der Waals surface area contributed by atoms with Crippen LogP contribution in [0.1, 0.15) is 19.5 Å². The van der Waals surface area contributed by atoms with Crippen molar-refractivity contribution in [1.82, 2.24) is 8.75 Å². The molecule has 1 unspecified atom stereocenters. The highest BCUT2D eigenvalue weighted by molar-refractivity contribution is 6.99. The molecule has 1 heterocycles. The van der Waals surface area contributed by atoms with Gasteiger partial charge in [-0.1, -0.05) is 13.8 Å². The van der Waals surface area contributed by atoms with Crippen molar-refractivity contribution in [3.63, 3.8) is 0 Å². The van der Waals surface area contributed by atoms with E-state index in [-0.39, 0.29) is 6.04 Å². The molecule has 2 N–H and O–H groups in total. The fourth-order valence-electron chi connectivity index (χ4n) is 0.751. The normalized spacial score (nSPS) is 13.8. The van der Waals surface area contributed by atoms with Crippen molar-refractivity contribution in [3.05, 3.63) is 11.9 Å². The van der Waals surface area contributed by atoms with Gasteiger partial charge in [0.25, 0.3) is 0 Å². The average molecular weight is 171 g/mol. The maximum Gasteiger partial charge on any atom is 0.0758 e. The molecule has 4 heteroatoms. The lowest BCUT2D eigenvalue weighted by Crippen LogP contribution is -2.28. The first-order valence-electron chi connectivity index (χ1n) is 3.72. The van der Waals surface area contributed by atoms with Gasteiger partial charge in [-0.3, -0.25) is 0 Å². The van der Waals surface area contributed by atoms with Crippen LogP contribution in [0.15, 0.2) is 6.20 Å². The second-order valence-electron chi connectivity index (χ2n) is 3.01. The van der Waals surface area contributed by atoms with Crippen molar-refractivity contribution in [1.29, 1.82) is 0 Å². The Morgan fingerprint density at radius 1 is 1.64 bits per heavy atom. The Balaban J connectivity index is 2.43. The average Bonchev–Trinajstić information content (AvgIpc) is 2.39. The minimum absolute atomic E-state index is 0.207. The number of nitrogens with zero attached hydrogens (tertiary/aromatic N) is 2. The predicted molar refractivity (Wildman–Crippen MR) is 46.4 cm³/mol. The van der Waals surface area contributed by atoms with Gasteiger partial charge >= 0.3 is 0 Å². The zero-order chi connectivity index (χ0) is 8.27. The van der Waals surface area contributed by atoms with Crippen LogP contribution in [0.3, 0.4) is 0 Å². The molecule has 1 atom stereocenters. The van der Waals surface area contributed by atoms with Gasteiger partial charge in [0.05, 0.1) is 23.6 Å². The SMILES string of the molecule is CC(C)C(N)Cc1cnsn1. The molecule has 0 spiro atoms. The van der Waals surface area contributed by atoms with Crippen molar-refractivity contribution >= 4 is 11.7 Å². The summed E-state index contributed by atoms with van der Waals surface area (Å²) in [6.45, 7) is 4.23. The van der Waals surface area contributed by atoms with E-state index in [0.29, 0.717) is 5.92 Å².